The Balaban J connectivity index is 1.71. The molecule has 0 aromatic carbocycles. The number of piperazine rings is 1. The van der Waals surface area contributed by atoms with Gasteiger partial charge in [0.25, 0.3) is 5.91 Å². The van der Waals surface area contributed by atoms with Gasteiger partial charge < -0.3 is 5.32 Å². The first-order chi connectivity index (χ1) is 9.88. The molecule has 21 heavy (non-hydrogen) atoms. The molecule has 2 heterocycles. The fraction of sp³-hybridized carbons (Fsp3) is 0.667. The Morgan fingerprint density at radius 3 is 2.57 bits per heavy atom. The summed E-state index contributed by atoms with van der Waals surface area (Å²) in [6.07, 6.45) is 1.24. The van der Waals surface area contributed by atoms with Crippen molar-refractivity contribution in [2.45, 2.75) is 6.92 Å². The molecule has 1 fully saturated rings. The largest absolute Gasteiger partial charge is 0.350 e. The lowest BCUT2D eigenvalue weighted by molar-refractivity contribution is 0.0948. The number of hydrogen-bond donors (Lipinski definition) is 1. The molecule has 7 nitrogen and oxygen atoms in total. The van der Waals surface area contributed by atoms with Crippen LogP contribution in [0.3, 0.4) is 0 Å². The molecule has 9 heteroatoms. The van der Waals surface area contributed by atoms with E-state index in [9.17, 15) is 13.2 Å². The van der Waals surface area contributed by atoms with Gasteiger partial charge >= 0.3 is 0 Å². The third-order valence-corrected chi connectivity index (χ3v) is 5.70. The van der Waals surface area contributed by atoms with Crippen molar-refractivity contribution in [2.24, 2.45) is 0 Å². The third-order valence-electron chi connectivity index (χ3n) is 3.47. The van der Waals surface area contributed by atoms with Gasteiger partial charge in [0.15, 0.2) is 0 Å². The molecule has 0 unspecified atom stereocenters. The third kappa shape index (κ3) is 4.47. The molecule has 0 spiro atoms. The minimum absolute atomic E-state index is 0.0928. The molecule has 1 aromatic rings. The van der Waals surface area contributed by atoms with E-state index in [1.807, 2.05) is 6.92 Å². The molecule has 0 radical (unpaired) electrons. The minimum atomic E-state index is -3.09. The highest BCUT2D eigenvalue weighted by atomic mass is 32.2. The number of aromatic nitrogens is 1. The number of aryl methyl sites for hydroxylation is 1. The quantitative estimate of drug-likeness (QED) is 0.805. The second-order valence-corrected chi connectivity index (χ2v) is 7.86. The van der Waals surface area contributed by atoms with Crippen molar-refractivity contribution in [3.05, 3.63) is 16.1 Å². The predicted octanol–water partition coefficient (Wildman–Crippen LogP) is -0.241. The van der Waals surface area contributed by atoms with Gasteiger partial charge in [-0.3, -0.25) is 9.69 Å². The topological polar surface area (TPSA) is 82.6 Å². The highest BCUT2D eigenvalue weighted by Gasteiger charge is 2.23. The van der Waals surface area contributed by atoms with Gasteiger partial charge in [-0.1, -0.05) is 0 Å². The van der Waals surface area contributed by atoms with Crippen molar-refractivity contribution < 1.29 is 13.2 Å². The van der Waals surface area contributed by atoms with Crippen molar-refractivity contribution in [1.29, 1.82) is 0 Å². The van der Waals surface area contributed by atoms with Crippen molar-refractivity contribution in [1.82, 2.24) is 19.5 Å². The van der Waals surface area contributed by atoms with Crippen LogP contribution in [0.25, 0.3) is 0 Å². The van der Waals surface area contributed by atoms with Gasteiger partial charge in [0.1, 0.15) is 4.88 Å². The molecule has 118 valence electrons. The molecule has 1 amide bonds. The van der Waals surface area contributed by atoms with Gasteiger partial charge in [0.2, 0.25) is 10.0 Å². The molecule has 0 atom stereocenters. The van der Waals surface area contributed by atoms with Crippen LogP contribution in [0.15, 0.2) is 5.51 Å². The molecule has 0 aliphatic carbocycles. The summed E-state index contributed by atoms with van der Waals surface area (Å²) >= 11 is 1.34. The van der Waals surface area contributed by atoms with Crippen LogP contribution in [0, 0.1) is 6.92 Å². The number of thiazole rings is 1. The lowest BCUT2D eigenvalue weighted by atomic mass is 10.3. The van der Waals surface area contributed by atoms with Crippen molar-refractivity contribution in [2.75, 3.05) is 45.5 Å². The molecule has 1 aromatic heterocycles. The summed E-state index contributed by atoms with van der Waals surface area (Å²) < 4.78 is 24.3. The van der Waals surface area contributed by atoms with Gasteiger partial charge in [-0.2, -0.15) is 4.31 Å². The maximum Gasteiger partial charge on any atom is 0.263 e. The van der Waals surface area contributed by atoms with E-state index in [0.717, 1.165) is 12.2 Å². The van der Waals surface area contributed by atoms with Gasteiger partial charge in [0.05, 0.1) is 17.5 Å². The molecule has 1 N–H and O–H groups in total. The smallest absolute Gasteiger partial charge is 0.263 e. The molecular weight excluding hydrogens is 312 g/mol. The first-order valence-corrected chi connectivity index (χ1v) is 9.46. The standard InChI is InChI=1S/C12H20N4O3S2/c1-10-11(20-9-14-10)12(17)13-3-4-15-5-7-16(8-6-15)21(2,18)19/h9H,3-8H2,1-2H3,(H,13,17). The number of hydrogen-bond acceptors (Lipinski definition) is 6. The predicted molar refractivity (Wildman–Crippen MR) is 82.0 cm³/mol. The Kier molecular flexibility index (Phi) is 5.31. The molecule has 0 bridgehead atoms. The van der Waals surface area contributed by atoms with Crippen LogP contribution >= 0.6 is 11.3 Å². The van der Waals surface area contributed by atoms with Crippen molar-refractivity contribution >= 4 is 27.3 Å². The number of nitrogens with zero attached hydrogens (tertiary/aromatic N) is 3. The Morgan fingerprint density at radius 1 is 1.38 bits per heavy atom. The zero-order valence-corrected chi connectivity index (χ0v) is 13.8. The Labute approximate surface area is 129 Å². The van der Waals surface area contributed by atoms with E-state index < -0.39 is 10.0 Å². The van der Waals surface area contributed by atoms with Crippen LogP contribution in [0.2, 0.25) is 0 Å². The molecular formula is C12H20N4O3S2. The van der Waals surface area contributed by atoms with E-state index in [1.54, 1.807) is 5.51 Å². The molecule has 1 aliphatic rings. The summed E-state index contributed by atoms with van der Waals surface area (Å²) in [7, 11) is -3.09. The lowest BCUT2D eigenvalue weighted by Gasteiger charge is -2.33. The van der Waals surface area contributed by atoms with Crippen LogP contribution in [-0.2, 0) is 10.0 Å². The average Bonchev–Trinajstić information content (AvgIpc) is 2.84. The van der Waals surface area contributed by atoms with Gasteiger partial charge in [-0.05, 0) is 6.92 Å². The summed E-state index contributed by atoms with van der Waals surface area (Å²) in [5.74, 6) is -0.0928. The van der Waals surface area contributed by atoms with Crippen LogP contribution in [0.5, 0.6) is 0 Å². The number of amides is 1. The summed E-state index contributed by atoms with van der Waals surface area (Å²) in [5, 5.41) is 2.87. The summed E-state index contributed by atoms with van der Waals surface area (Å²) in [6.45, 7) is 5.51. The Bertz CT molecular complexity index is 591. The first-order valence-electron chi connectivity index (χ1n) is 6.73. The van der Waals surface area contributed by atoms with E-state index in [2.05, 4.69) is 15.2 Å². The van der Waals surface area contributed by atoms with Gasteiger partial charge in [-0.25, -0.2) is 13.4 Å². The first kappa shape index (κ1) is 16.3. The Hall–Kier alpha value is -1.03. The second kappa shape index (κ2) is 6.82. The van der Waals surface area contributed by atoms with E-state index in [0.29, 0.717) is 37.6 Å². The second-order valence-electron chi connectivity index (χ2n) is 5.03. The number of rotatable bonds is 5. The lowest BCUT2D eigenvalue weighted by Crippen LogP contribution is -2.49. The maximum atomic E-state index is 11.9. The number of carbonyl (C=O) groups is 1. The fourth-order valence-corrected chi connectivity index (χ4v) is 3.76. The van der Waals surface area contributed by atoms with Crippen molar-refractivity contribution in [3.8, 4) is 0 Å². The number of nitrogens with one attached hydrogen (secondary N) is 1. The monoisotopic (exact) mass is 332 g/mol. The summed E-state index contributed by atoms with van der Waals surface area (Å²) in [5.41, 5.74) is 2.41. The number of carbonyl (C=O) groups excluding carboxylic acids is 1. The molecule has 1 saturated heterocycles. The van der Waals surface area contributed by atoms with Crippen molar-refractivity contribution in [3.63, 3.8) is 0 Å². The summed E-state index contributed by atoms with van der Waals surface area (Å²) in [6, 6.07) is 0. The average molecular weight is 332 g/mol. The van der Waals surface area contributed by atoms with E-state index in [4.69, 9.17) is 0 Å². The molecule has 1 aliphatic heterocycles. The Morgan fingerprint density at radius 2 is 2.05 bits per heavy atom. The zero-order valence-electron chi connectivity index (χ0n) is 12.2. The molecule has 2 rings (SSSR count). The van der Waals surface area contributed by atoms with Crippen LogP contribution < -0.4 is 5.32 Å². The van der Waals surface area contributed by atoms with E-state index in [1.165, 1.54) is 21.9 Å². The normalized spacial score (nSPS) is 17.8. The van der Waals surface area contributed by atoms with Crippen LogP contribution in [0.1, 0.15) is 15.4 Å². The van der Waals surface area contributed by atoms with E-state index >= 15 is 0 Å². The highest BCUT2D eigenvalue weighted by Crippen LogP contribution is 2.11. The highest BCUT2D eigenvalue weighted by molar-refractivity contribution is 7.88. The fourth-order valence-electron chi connectivity index (χ4n) is 2.21. The minimum Gasteiger partial charge on any atom is -0.350 e. The van der Waals surface area contributed by atoms with Crippen LogP contribution in [-0.4, -0.2) is 74.0 Å². The molecule has 0 saturated carbocycles. The van der Waals surface area contributed by atoms with Crippen LogP contribution in [0.4, 0.5) is 0 Å². The maximum absolute atomic E-state index is 11.9. The van der Waals surface area contributed by atoms with Gasteiger partial charge in [-0.15, -0.1) is 11.3 Å². The van der Waals surface area contributed by atoms with E-state index in [-0.39, 0.29) is 5.91 Å². The SMILES string of the molecule is Cc1ncsc1C(=O)NCCN1CCN(S(C)(=O)=O)CC1. The van der Waals surface area contributed by atoms with Gasteiger partial charge in [0, 0.05) is 39.3 Å². The zero-order chi connectivity index (χ0) is 15.5. The summed E-state index contributed by atoms with van der Waals surface area (Å²) in [4.78, 5) is 18.8. The number of sulfonamides is 1.